The van der Waals surface area contributed by atoms with Crippen molar-refractivity contribution in [3.8, 4) is 11.3 Å². The van der Waals surface area contributed by atoms with E-state index in [0.717, 1.165) is 25.7 Å². The van der Waals surface area contributed by atoms with Crippen LogP contribution in [0, 0.1) is 11.7 Å². The summed E-state index contributed by atoms with van der Waals surface area (Å²) in [5.41, 5.74) is 0.343. The largest absolute Gasteiger partial charge is 0.451 e. The number of halogens is 1. The molecule has 0 unspecified atom stereocenters. The lowest BCUT2D eigenvalue weighted by Crippen LogP contribution is -2.37. The highest BCUT2D eigenvalue weighted by Crippen LogP contribution is 2.26. The minimum atomic E-state index is -0.379. The van der Waals surface area contributed by atoms with Crippen molar-refractivity contribution in [2.75, 3.05) is 6.61 Å². The summed E-state index contributed by atoms with van der Waals surface area (Å²) in [7, 11) is 0. The zero-order chi connectivity index (χ0) is 16.2. The lowest BCUT2D eigenvalue weighted by atomic mass is 9.86. The Morgan fingerprint density at radius 3 is 2.61 bits per heavy atom. The number of hydrogen-bond acceptors (Lipinski definition) is 3. The summed E-state index contributed by atoms with van der Waals surface area (Å²) in [5.74, 6) is 0.223. The van der Waals surface area contributed by atoms with Crippen LogP contribution in [0.5, 0.6) is 0 Å². The van der Waals surface area contributed by atoms with E-state index in [9.17, 15) is 9.18 Å². The molecule has 1 saturated carbocycles. The maximum Gasteiger partial charge on any atom is 0.287 e. The highest BCUT2D eigenvalue weighted by Gasteiger charge is 2.23. The third-order valence-electron chi connectivity index (χ3n) is 4.41. The molecule has 3 rings (SSSR count). The van der Waals surface area contributed by atoms with Crippen LogP contribution >= 0.6 is 0 Å². The van der Waals surface area contributed by atoms with E-state index >= 15 is 0 Å². The quantitative estimate of drug-likeness (QED) is 0.909. The van der Waals surface area contributed by atoms with Crippen molar-refractivity contribution in [3.63, 3.8) is 0 Å². The number of carbonyl (C=O) groups excluding carboxylic acids is 1. The van der Waals surface area contributed by atoms with Crippen LogP contribution in [0.15, 0.2) is 40.8 Å². The van der Waals surface area contributed by atoms with E-state index in [1.54, 1.807) is 30.3 Å². The lowest BCUT2D eigenvalue weighted by molar-refractivity contribution is 0.0887. The Morgan fingerprint density at radius 1 is 1.17 bits per heavy atom. The first kappa shape index (κ1) is 15.7. The summed E-state index contributed by atoms with van der Waals surface area (Å²) in [4.78, 5) is 12.2. The van der Waals surface area contributed by atoms with Gasteiger partial charge in [0.1, 0.15) is 11.6 Å². The number of hydrogen-bond donors (Lipinski definition) is 2. The van der Waals surface area contributed by atoms with Gasteiger partial charge in [-0.25, -0.2) is 4.39 Å². The minimum absolute atomic E-state index is 0.104. The van der Waals surface area contributed by atoms with E-state index in [0.29, 0.717) is 17.2 Å². The van der Waals surface area contributed by atoms with Gasteiger partial charge in [-0.15, -0.1) is 0 Å². The van der Waals surface area contributed by atoms with Gasteiger partial charge in [-0.05, 0) is 55.9 Å². The zero-order valence-corrected chi connectivity index (χ0v) is 12.8. The van der Waals surface area contributed by atoms with Crippen molar-refractivity contribution in [2.45, 2.75) is 31.7 Å². The van der Waals surface area contributed by atoms with E-state index in [4.69, 9.17) is 9.52 Å². The second kappa shape index (κ2) is 6.96. The zero-order valence-electron chi connectivity index (χ0n) is 12.8. The van der Waals surface area contributed by atoms with Crippen molar-refractivity contribution in [2.24, 2.45) is 5.92 Å². The molecule has 0 saturated heterocycles. The Kier molecular flexibility index (Phi) is 4.76. The van der Waals surface area contributed by atoms with Gasteiger partial charge in [0, 0.05) is 12.6 Å². The van der Waals surface area contributed by atoms with Gasteiger partial charge in [0.15, 0.2) is 5.76 Å². The molecule has 0 aliphatic heterocycles. The first-order valence-electron chi connectivity index (χ1n) is 7.94. The van der Waals surface area contributed by atoms with Crippen molar-refractivity contribution < 1.29 is 18.7 Å². The van der Waals surface area contributed by atoms with Gasteiger partial charge in [-0.1, -0.05) is 12.1 Å². The molecule has 0 atom stereocenters. The smallest absolute Gasteiger partial charge is 0.287 e. The highest BCUT2D eigenvalue weighted by molar-refractivity contribution is 5.92. The van der Waals surface area contributed by atoms with Gasteiger partial charge in [-0.3, -0.25) is 4.79 Å². The fraction of sp³-hybridized carbons (Fsp3) is 0.389. The summed E-state index contributed by atoms with van der Waals surface area (Å²) in [5, 5.41) is 12.1. The number of rotatable bonds is 4. The summed E-state index contributed by atoms with van der Waals surface area (Å²) < 4.78 is 19.3. The molecule has 0 bridgehead atoms. The standard InChI is InChI=1S/C18H20FNO3/c19-15-4-2-1-3-14(15)16-9-10-17(23-16)18(22)20-13-7-5-12(11-21)6-8-13/h1-4,9-10,12-13,21H,5-8,11H2,(H,20,22). The lowest BCUT2D eigenvalue weighted by Gasteiger charge is -2.27. The highest BCUT2D eigenvalue weighted by atomic mass is 19.1. The van der Waals surface area contributed by atoms with Crippen LogP contribution < -0.4 is 5.32 Å². The van der Waals surface area contributed by atoms with Gasteiger partial charge in [0.05, 0.1) is 5.56 Å². The van der Waals surface area contributed by atoms with Crippen LogP contribution in [0.3, 0.4) is 0 Å². The van der Waals surface area contributed by atoms with Crippen molar-refractivity contribution in [1.29, 1.82) is 0 Å². The molecule has 0 radical (unpaired) electrons. The topological polar surface area (TPSA) is 62.5 Å². The van der Waals surface area contributed by atoms with Crippen LogP contribution in [0.4, 0.5) is 4.39 Å². The van der Waals surface area contributed by atoms with Crippen LogP contribution in [0.1, 0.15) is 36.2 Å². The third-order valence-corrected chi connectivity index (χ3v) is 4.41. The molecule has 1 aromatic carbocycles. The number of benzene rings is 1. The van der Waals surface area contributed by atoms with Gasteiger partial charge < -0.3 is 14.8 Å². The Labute approximate surface area is 134 Å². The Balaban J connectivity index is 1.64. The molecule has 23 heavy (non-hydrogen) atoms. The first-order valence-corrected chi connectivity index (χ1v) is 7.94. The van der Waals surface area contributed by atoms with Crippen LogP contribution in [0.25, 0.3) is 11.3 Å². The van der Waals surface area contributed by atoms with Gasteiger partial charge >= 0.3 is 0 Å². The molecule has 0 spiro atoms. The van der Waals surface area contributed by atoms with E-state index < -0.39 is 0 Å². The molecule has 1 aromatic heterocycles. The Bertz CT molecular complexity index is 674. The normalized spacial score (nSPS) is 21.1. The van der Waals surface area contributed by atoms with Gasteiger partial charge in [0.2, 0.25) is 0 Å². The molecule has 1 aliphatic rings. The predicted octanol–water partition coefficient (Wildman–Crippen LogP) is 3.37. The number of furan rings is 1. The average Bonchev–Trinajstić information content (AvgIpc) is 3.06. The number of nitrogens with one attached hydrogen (secondary N) is 1. The molecular weight excluding hydrogens is 297 g/mol. The number of carbonyl (C=O) groups is 1. The minimum Gasteiger partial charge on any atom is -0.451 e. The molecule has 2 N–H and O–H groups in total. The van der Waals surface area contributed by atoms with E-state index in [-0.39, 0.29) is 30.1 Å². The molecule has 5 heteroatoms. The first-order chi connectivity index (χ1) is 11.2. The second-order valence-corrected chi connectivity index (χ2v) is 6.02. The predicted molar refractivity (Wildman–Crippen MR) is 84.4 cm³/mol. The van der Waals surface area contributed by atoms with Crippen LogP contribution in [-0.2, 0) is 0 Å². The average molecular weight is 317 g/mol. The molecule has 2 aromatic rings. The molecule has 1 aliphatic carbocycles. The summed E-state index contributed by atoms with van der Waals surface area (Å²) in [6, 6.07) is 9.58. The number of aliphatic hydroxyl groups excluding tert-OH is 1. The molecule has 1 amide bonds. The Hall–Kier alpha value is -2.14. The summed E-state index contributed by atoms with van der Waals surface area (Å²) >= 11 is 0. The van der Waals surface area contributed by atoms with Crippen molar-refractivity contribution in [3.05, 3.63) is 48.0 Å². The summed E-state index contributed by atoms with van der Waals surface area (Å²) in [6.45, 7) is 0.213. The number of aliphatic hydroxyl groups is 1. The maximum atomic E-state index is 13.7. The fourth-order valence-electron chi connectivity index (χ4n) is 3.01. The Morgan fingerprint density at radius 2 is 1.91 bits per heavy atom. The summed E-state index contributed by atoms with van der Waals surface area (Å²) in [6.07, 6.45) is 3.55. The van der Waals surface area contributed by atoms with E-state index in [1.165, 1.54) is 6.07 Å². The molecule has 1 heterocycles. The van der Waals surface area contributed by atoms with Crippen molar-refractivity contribution >= 4 is 5.91 Å². The van der Waals surface area contributed by atoms with E-state index in [1.807, 2.05) is 0 Å². The van der Waals surface area contributed by atoms with E-state index in [2.05, 4.69) is 5.32 Å². The van der Waals surface area contributed by atoms with Crippen LogP contribution in [0.2, 0.25) is 0 Å². The van der Waals surface area contributed by atoms with Gasteiger partial charge in [0.25, 0.3) is 5.91 Å². The number of amides is 1. The fourth-order valence-corrected chi connectivity index (χ4v) is 3.01. The third kappa shape index (κ3) is 3.62. The SMILES string of the molecule is O=C(NC1CCC(CO)CC1)c1ccc(-c2ccccc2F)o1. The monoisotopic (exact) mass is 317 g/mol. The molecular formula is C18H20FNO3. The van der Waals surface area contributed by atoms with Crippen LogP contribution in [-0.4, -0.2) is 23.7 Å². The second-order valence-electron chi connectivity index (χ2n) is 6.02. The van der Waals surface area contributed by atoms with Gasteiger partial charge in [-0.2, -0.15) is 0 Å². The molecule has 4 nitrogen and oxygen atoms in total. The molecule has 122 valence electrons. The van der Waals surface area contributed by atoms with Crippen molar-refractivity contribution in [1.82, 2.24) is 5.32 Å². The molecule has 1 fully saturated rings. The maximum absolute atomic E-state index is 13.7.